The van der Waals surface area contributed by atoms with Gasteiger partial charge >= 0.3 is 0 Å². The SMILES string of the molecule is [2H]c1c([2H])c([2H])c(-c2cc(-c3ccc4c(c3)-c3cccc5c(-c6c([2H])c([2H])c([2H])c([2H])c6[2H])ccc(c35)O4)cc(-c3c4ccccc4c(-c4c([2H])c([2H])c([2H])c([2H])c4[2H])c4c3ccc3ccccc34)c2)c([2H])c1[2H]. The zero-order valence-electron chi connectivity index (χ0n) is 46.0. The summed E-state index contributed by atoms with van der Waals surface area (Å²) < 4.78 is 138. The minimum atomic E-state index is -0.536. The summed E-state index contributed by atoms with van der Waals surface area (Å²) in [6.45, 7) is 0. The Kier molecular flexibility index (Phi) is 4.94. The molecule has 0 N–H and O–H groups in total. The van der Waals surface area contributed by atoms with Crippen molar-refractivity contribution in [1.82, 2.24) is 0 Å². The van der Waals surface area contributed by atoms with Gasteiger partial charge in [-0.25, -0.2) is 0 Å². The number of ether oxygens (including phenoxy) is 1. The average Bonchev–Trinajstić information content (AvgIpc) is 3.43. The Labute approximate surface area is 364 Å². The second-order valence-corrected chi connectivity index (χ2v) is 14.5. The summed E-state index contributed by atoms with van der Waals surface area (Å²) in [7, 11) is 0. The highest BCUT2D eigenvalue weighted by molar-refractivity contribution is 6.28. The first kappa shape index (κ1) is 21.7. The third-order valence-corrected chi connectivity index (χ3v) is 11.3. The van der Waals surface area contributed by atoms with Gasteiger partial charge in [0.05, 0.1) is 20.6 Å². The molecule has 12 rings (SSSR count). The first-order valence-corrected chi connectivity index (χ1v) is 19.1. The second kappa shape index (κ2) is 13.4. The van der Waals surface area contributed by atoms with E-state index in [-0.39, 0.29) is 40.9 Å². The van der Waals surface area contributed by atoms with Crippen LogP contribution in [0.5, 0.6) is 11.5 Å². The van der Waals surface area contributed by atoms with Crippen molar-refractivity contribution in [3.63, 3.8) is 0 Å². The van der Waals surface area contributed by atoms with Gasteiger partial charge in [0.2, 0.25) is 0 Å². The molecule has 0 atom stereocenters. The van der Waals surface area contributed by atoms with Gasteiger partial charge in [-0.2, -0.15) is 0 Å². The molecule has 0 saturated carbocycles. The maximum atomic E-state index is 9.22. The van der Waals surface area contributed by atoms with E-state index in [1.807, 2.05) is 103 Å². The molecule has 0 bridgehead atoms. The highest BCUT2D eigenvalue weighted by atomic mass is 16.5. The van der Waals surface area contributed by atoms with Crippen LogP contribution in [0, 0.1) is 0 Å². The van der Waals surface area contributed by atoms with Crippen LogP contribution in [0.4, 0.5) is 0 Å². The normalized spacial score (nSPS) is 15.4. The molecule has 1 aliphatic rings. The van der Waals surface area contributed by atoms with Crippen molar-refractivity contribution in [2.75, 3.05) is 0 Å². The Hall–Kier alpha value is -7.74. The Morgan fingerprint density at radius 1 is 0.305 bits per heavy atom. The zero-order valence-corrected chi connectivity index (χ0v) is 31.0. The van der Waals surface area contributed by atoms with E-state index in [0.29, 0.717) is 88.3 Å². The fraction of sp³-hybridized carbons (Fsp3) is 0. The molecule has 1 heterocycles. The summed E-state index contributed by atoms with van der Waals surface area (Å²) in [5.74, 6) is 1.04. The molecule has 1 nitrogen and oxygen atoms in total. The third-order valence-electron chi connectivity index (χ3n) is 11.3. The first-order valence-electron chi connectivity index (χ1n) is 26.6. The van der Waals surface area contributed by atoms with Gasteiger partial charge in [-0.15, -0.1) is 0 Å². The monoisotopic (exact) mass is 763 g/mol. The molecule has 0 radical (unpaired) electrons. The van der Waals surface area contributed by atoms with E-state index >= 15 is 0 Å². The van der Waals surface area contributed by atoms with Crippen LogP contribution in [0.3, 0.4) is 0 Å². The van der Waals surface area contributed by atoms with Crippen molar-refractivity contribution in [3.05, 3.63) is 218 Å². The molecule has 11 aromatic rings. The van der Waals surface area contributed by atoms with Crippen molar-refractivity contribution in [2.45, 2.75) is 0 Å². The predicted molar refractivity (Wildman–Crippen MR) is 249 cm³/mol. The first-order chi connectivity index (χ1) is 35.5. The minimum absolute atomic E-state index is 0.0194. The van der Waals surface area contributed by atoms with E-state index in [0.717, 1.165) is 16.3 Å². The van der Waals surface area contributed by atoms with E-state index in [1.165, 1.54) is 0 Å². The lowest BCUT2D eigenvalue weighted by atomic mass is 9.82. The van der Waals surface area contributed by atoms with Crippen LogP contribution in [-0.4, -0.2) is 0 Å². The summed E-state index contributed by atoms with van der Waals surface area (Å²) in [6.07, 6.45) is 0. The lowest BCUT2D eigenvalue weighted by molar-refractivity contribution is 0.487. The van der Waals surface area contributed by atoms with Crippen LogP contribution in [0.1, 0.15) is 20.6 Å². The molecule has 0 spiro atoms. The molecule has 0 fully saturated rings. The van der Waals surface area contributed by atoms with Crippen molar-refractivity contribution in [3.8, 4) is 78.3 Å². The van der Waals surface area contributed by atoms with E-state index in [9.17, 15) is 2.74 Å². The largest absolute Gasteiger partial charge is 0.456 e. The molecule has 11 aromatic carbocycles. The molecule has 0 saturated heterocycles. The molecular weight excluding hydrogens is 713 g/mol. The zero-order chi connectivity index (χ0) is 51.9. The van der Waals surface area contributed by atoms with Gasteiger partial charge in [0.15, 0.2) is 0 Å². The molecule has 1 heteroatoms. The summed E-state index contributed by atoms with van der Waals surface area (Å²) in [5.41, 5.74) is 5.29. The number of fused-ring (bicyclic) bond motifs is 6. The van der Waals surface area contributed by atoms with Crippen molar-refractivity contribution >= 4 is 43.1 Å². The molecular formula is C58H36O. The molecule has 0 aromatic heterocycles. The summed E-state index contributed by atoms with van der Waals surface area (Å²) in [4.78, 5) is 0. The van der Waals surface area contributed by atoms with Crippen LogP contribution >= 0.6 is 0 Å². The number of hydrogen-bond acceptors (Lipinski definition) is 1. The van der Waals surface area contributed by atoms with E-state index in [4.69, 9.17) is 22.6 Å². The van der Waals surface area contributed by atoms with Crippen LogP contribution in [0.25, 0.3) is 110 Å². The van der Waals surface area contributed by atoms with Gasteiger partial charge in [-0.1, -0.05) is 182 Å². The van der Waals surface area contributed by atoms with Crippen molar-refractivity contribution < 1.29 is 25.3 Å². The molecule has 0 amide bonds. The van der Waals surface area contributed by atoms with Gasteiger partial charge in [-0.3, -0.25) is 0 Å². The summed E-state index contributed by atoms with van der Waals surface area (Å²) in [5, 5.41) is 5.45. The van der Waals surface area contributed by atoms with Gasteiger partial charge in [0.25, 0.3) is 0 Å². The maximum absolute atomic E-state index is 9.22. The van der Waals surface area contributed by atoms with Crippen molar-refractivity contribution in [1.29, 1.82) is 0 Å². The molecule has 274 valence electrons. The highest BCUT2D eigenvalue weighted by Gasteiger charge is 2.24. The Morgan fingerprint density at radius 3 is 1.68 bits per heavy atom. The molecule has 59 heavy (non-hydrogen) atoms. The third kappa shape index (κ3) is 5.40. The van der Waals surface area contributed by atoms with Gasteiger partial charge in [-0.05, 0) is 135 Å². The summed E-state index contributed by atoms with van der Waals surface area (Å²) in [6, 6.07) is 32.7. The number of hydrogen-bond donors (Lipinski definition) is 0. The average molecular weight is 764 g/mol. The van der Waals surface area contributed by atoms with Gasteiger partial charge < -0.3 is 4.74 Å². The molecule has 1 aliphatic heterocycles. The quantitative estimate of drug-likeness (QED) is 0.125. The lowest BCUT2D eigenvalue weighted by Crippen LogP contribution is -1.98. The van der Waals surface area contributed by atoms with Crippen LogP contribution in [0.15, 0.2) is 218 Å². The van der Waals surface area contributed by atoms with Crippen LogP contribution in [-0.2, 0) is 0 Å². The second-order valence-electron chi connectivity index (χ2n) is 14.5. The van der Waals surface area contributed by atoms with E-state index in [2.05, 4.69) is 0 Å². The predicted octanol–water partition coefficient (Wildman–Crippen LogP) is 16.4. The van der Waals surface area contributed by atoms with E-state index in [1.54, 1.807) is 24.3 Å². The molecule has 0 aliphatic carbocycles. The fourth-order valence-electron chi connectivity index (χ4n) is 8.79. The highest BCUT2D eigenvalue weighted by Crippen LogP contribution is 2.51. The van der Waals surface area contributed by atoms with Crippen LogP contribution in [0.2, 0.25) is 0 Å². The van der Waals surface area contributed by atoms with E-state index < -0.39 is 66.5 Å². The van der Waals surface area contributed by atoms with Crippen LogP contribution < -0.4 is 4.74 Å². The fourth-order valence-corrected chi connectivity index (χ4v) is 8.79. The van der Waals surface area contributed by atoms with Gasteiger partial charge in [0, 0.05) is 10.9 Å². The van der Waals surface area contributed by atoms with Gasteiger partial charge in [0.1, 0.15) is 11.5 Å². The van der Waals surface area contributed by atoms with Crippen molar-refractivity contribution in [2.24, 2.45) is 0 Å². The lowest BCUT2D eigenvalue weighted by Gasteiger charge is -2.23. The topological polar surface area (TPSA) is 9.23 Å². The Balaban J connectivity index is 1.16. The minimum Gasteiger partial charge on any atom is -0.456 e. The standard InChI is InChI=1S/C58H36O/c1-4-15-37(16-5-1)42-33-43(41-28-31-53-52(36-41)50-26-14-25-47-45(38-17-6-2-7-18-38)30-32-54(59-53)57(47)50)35-44(34-42)55-48-23-12-13-24-49(48)56(40-20-8-3-9-21-40)58-46-22-11-10-19-39(46)27-29-51(55)58/h1-36H/i1D,2D,3D,4D,5D,6D,7D,8D,9D,15D,16D,17D,18D,20D,21D. The molecule has 0 unspecified atom stereocenters. The smallest absolute Gasteiger partial charge is 0.135 e. The number of benzene rings is 11. The number of rotatable bonds is 5. The summed E-state index contributed by atoms with van der Waals surface area (Å²) >= 11 is 0. The Bertz CT molecular complexity index is 4270. The maximum Gasteiger partial charge on any atom is 0.135 e. The Morgan fingerprint density at radius 2 is 0.915 bits per heavy atom.